The van der Waals surface area contributed by atoms with Gasteiger partial charge in [-0.3, -0.25) is 4.79 Å². The van der Waals surface area contributed by atoms with E-state index < -0.39 is 6.03 Å². The molecular weight excluding hydrogens is 330 g/mol. The van der Waals surface area contributed by atoms with E-state index in [0.717, 1.165) is 5.65 Å². The van der Waals surface area contributed by atoms with Gasteiger partial charge >= 0.3 is 6.03 Å². The maximum atomic E-state index is 12.2. The predicted octanol–water partition coefficient (Wildman–Crippen LogP) is 2.41. The second-order valence-electron chi connectivity index (χ2n) is 5.10. The topological polar surface area (TPSA) is 102 Å². The maximum absolute atomic E-state index is 12.2. The van der Waals surface area contributed by atoms with Gasteiger partial charge in [0, 0.05) is 23.6 Å². The highest BCUT2D eigenvalue weighted by molar-refractivity contribution is 6.30. The number of hydrogen-bond acceptors (Lipinski definition) is 3. The summed E-state index contributed by atoms with van der Waals surface area (Å²) in [5, 5.41) is 5.81. The molecular formula is C16H14ClN5O2. The van der Waals surface area contributed by atoms with Crippen molar-refractivity contribution in [2.45, 2.75) is 6.54 Å². The fourth-order valence-electron chi connectivity index (χ4n) is 2.26. The number of imidazole rings is 1. The van der Waals surface area contributed by atoms with Crippen molar-refractivity contribution < 1.29 is 9.59 Å². The lowest BCUT2D eigenvalue weighted by molar-refractivity contribution is 0.0950. The molecule has 0 bridgehead atoms. The van der Waals surface area contributed by atoms with E-state index in [9.17, 15) is 9.59 Å². The van der Waals surface area contributed by atoms with E-state index in [2.05, 4.69) is 15.6 Å². The third-order valence-electron chi connectivity index (χ3n) is 3.29. The van der Waals surface area contributed by atoms with Gasteiger partial charge in [-0.15, -0.1) is 0 Å². The minimum Gasteiger partial charge on any atom is -0.351 e. The van der Waals surface area contributed by atoms with Crippen LogP contribution in [0.5, 0.6) is 0 Å². The van der Waals surface area contributed by atoms with Crippen LogP contribution in [0.2, 0.25) is 5.02 Å². The Morgan fingerprint density at radius 2 is 2.04 bits per heavy atom. The Kier molecular flexibility index (Phi) is 4.35. The van der Waals surface area contributed by atoms with Gasteiger partial charge in [0.05, 0.1) is 17.3 Å². The molecule has 2 heterocycles. The number of fused-ring (bicyclic) bond motifs is 1. The zero-order valence-corrected chi connectivity index (χ0v) is 13.2. The van der Waals surface area contributed by atoms with Crippen LogP contribution in [0.15, 0.2) is 48.8 Å². The molecule has 0 aliphatic carbocycles. The summed E-state index contributed by atoms with van der Waals surface area (Å²) in [4.78, 5) is 27.5. The summed E-state index contributed by atoms with van der Waals surface area (Å²) in [6.45, 7) is 0.269. The average Bonchev–Trinajstić information content (AvgIpc) is 2.94. The van der Waals surface area contributed by atoms with Gasteiger partial charge in [-0.25, -0.2) is 9.78 Å². The van der Waals surface area contributed by atoms with E-state index >= 15 is 0 Å². The fraction of sp³-hybridized carbons (Fsp3) is 0.0625. The number of carbonyl (C=O) groups excluding carboxylic acids is 2. The van der Waals surface area contributed by atoms with Gasteiger partial charge in [0.2, 0.25) is 0 Å². The molecule has 0 aliphatic heterocycles. The maximum Gasteiger partial charge on any atom is 0.316 e. The van der Waals surface area contributed by atoms with Crippen LogP contribution in [0.3, 0.4) is 0 Å². The molecule has 122 valence electrons. The molecule has 0 radical (unpaired) electrons. The van der Waals surface area contributed by atoms with E-state index in [-0.39, 0.29) is 12.5 Å². The van der Waals surface area contributed by atoms with Gasteiger partial charge in [0.25, 0.3) is 5.91 Å². The van der Waals surface area contributed by atoms with Crippen LogP contribution < -0.4 is 16.4 Å². The van der Waals surface area contributed by atoms with Crippen LogP contribution in [-0.4, -0.2) is 21.3 Å². The van der Waals surface area contributed by atoms with Crippen molar-refractivity contribution in [1.82, 2.24) is 14.7 Å². The van der Waals surface area contributed by atoms with Gasteiger partial charge in [-0.2, -0.15) is 0 Å². The first-order valence-electron chi connectivity index (χ1n) is 7.09. The minimum atomic E-state index is -0.684. The smallest absolute Gasteiger partial charge is 0.316 e. The Hall–Kier alpha value is -3.06. The number of primary amides is 1. The number of nitrogens with zero attached hydrogens (tertiary/aromatic N) is 2. The van der Waals surface area contributed by atoms with Crippen molar-refractivity contribution in [3.63, 3.8) is 0 Å². The van der Waals surface area contributed by atoms with Crippen molar-refractivity contribution in [2.75, 3.05) is 5.32 Å². The molecule has 0 saturated heterocycles. The molecule has 2 aromatic heterocycles. The molecule has 1 aromatic carbocycles. The quantitative estimate of drug-likeness (QED) is 0.678. The third-order valence-corrected chi connectivity index (χ3v) is 3.51. The Bertz CT molecular complexity index is 922. The number of anilines is 1. The summed E-state index contributed by atoms with van der Waals surface area (Å²) in [7, 11) is 0. The molecule has 0 fully saturated rings. The van der Waals surface area contributed by atoms with Crippen molar-refractivity contribution in [2.24, 2.45) is 5.73 Å². The number of nitrogens with one attached hydrogen (secondary N) is 2. The number of amides is 3. The van der Waals surface area contributed by atoms with E-state index in [0.29, 0.717) is 22.0 Å². The van der Waals surface area contributed by atoms with Crippen LogP contribution in [0.4, 0.5) is 10.5 Å². The minimum absolute atomic E-state index is 0.269. The molecule has 0 aliphatic rings. The molecule has 0 spiro atoms. The number of carbonyl (C=O) groups is 2. The van der Waals surface area contributed by atoms with Crippen molar-refractivity contribution >= 4 is 34.9 Å². The standard InChI is InChI=1S/C16H14ClN5O2/c17-11-4-5-14-20-13(9-22(14)8-11)7-19-15(23)10-2-1-3-12(6-10)21-16(18)24/h1-6,8-9H,7H2,(H,19,23)(H3,18,21,24). The summed E-state index contributed by atoms with van der Waals surface area (Å²) < 4.78 is 1.79. The van der Waals surface area contributed by atoms with Gasteiger partial charge in [0.1, 0.15) is 5.65 Å². The van der Waals surface area contributed by atoms with Gasteiger partial charge in [-0.1, -0.05) is 17.7 Å². The molecule has 3 aromatic rings. The zero-order chi connectivity index (χ0) is 17.1. The molecule has 0 saturated carbocycles. The summed E-state index contributed by atoms with van der Waals surface area (Å²) in [6, 6.07) is 9.36. The van der Waals surface area contributed by atoms with Crippen LogP contribution in [-0.2, 0) is 6.54 Å². The van der Waals surface area contributed by atoms with Crippen LogP contribution >= 0.6 is 11.6 Å². The van der Waals surface area contributed by atoms with E-state index in [1.165, 1.54) is 0 Å². The molecule has 0 atom stereocenters. The van der Waals surface area contributed by atoms with Gasteiger partial charge in [0.15, 0.2) is 0 Å². The van der Waals surface area contributed by atoms with Crippen molar-refractivity contribution in [3.8, 4) is 0 Å². The molecule has 4 N–H and O–H groups in total. The molecule has 3 amide bonds. The Morgan fingerprint density at radius 1 is 1.21 bits per heavy atom. The largest absolute Gasteiger partial charge is 0.351 e. The molecule has 0 unspecified atom stereocenters. The fourth-order valence-corrected chi connectivity index (χ4v) is 2.42. The zero-order valence-electron chi connectivity index (χ0n) is 12.5. The number of rotatable bonds is 4. The Labute approximate surface area is 142 Å². The highest BCUT2D eigenvalue weighted by atomic mass is 35.5. The lowest BCUT2D eigenvalue weighted by Crippen LogP contribution is -2.23. The molecule has 8 heteroatoms. The highest BCUT2D eigenvalue weighted by Gasteiger charge is 2.08. The SMILES string of the molecule is NC(=O)Nc1cccc(C(=O)NCc2cn3cc(Cl)ccc3n2)c1. The number of aromatic nitrogens is 2. The first kappa shape index (κ1) is 15.8. The predicted molar refractivity (Wildman–Crippen MR) is 91.0 cm³/mol. The van der Waals surface area contributed by atoms with Crippen LogP contribution in [0.25, 0.3) is 5.65 Å². The van der Waals surface area contributed by atoms with Gasteiger partial charge in [-0.05, 0) is 30.3 Å². The van der Waals surface area contributed by atoms with Crippen molar-refractivity contribution in [3.05, 3.63) is 65.1 Å². The second-order valence-corrected chi connectivity index (χ2v) is 5.53. The van der Waals surface area contributed by atoms with Gasteiger partial charge < -0.3 is 20.8 Å². The summed E-state index contributed by atoms with van der Waals surface area (Å²) in [6.07, 6.45) is 3.54. The van der Waals surface area contributed by atoms with E-state index in [1.807, 2.05) is 0 Å². The Balaban J connectivity index is 1.69. The van der Waals surface area contributed by atoms with E-state index in [4.69, 9.17) is 17.3 Å². The molecule has 3 rings (SSSR count). The Morgan fingerprint density at radius 3 is 2.83 bits per heavy atom. The molecule has 7 nitrogen and oxygen atoms in total. The van der Waals surface area contributed by atoms with Crippen LogP contribution in [0.1, 0.15) is 16.1 Å². The first-order chi connectivity index (χ1) is 11.5. The van der Waals surface area contributed by atoms with Crippen LogP contribution in [0, 0.1) is 0 Å². The highest BCUT2D eigenvalue weighted by Crippen LogP contribution is 2.13. The summed E-state index contributed by atoms with van der Waals surface area (Å²) >= 11 is 5.93. The lowest BCUT2D eigenvalue weighted by atomic mass is 10.2. The number of benzene rings is 1. The van der Waals surface area contributed by atoms with E-state index in [1.54, 1.807) is 53.2 Å². The number of nitrogens with two attached hydrogens (primary N) is 1. The average molecular weight is 344 g/mol. The monoisotopic (exact) mass is 343 g/mol. The molecule has 24 heavy (non-hydrogen) atoms. The normalized spacial score (nSPS) is 10.5. The number of hydrogen-bond donors (Lipinski definition) is 3. The lowest BCUT2D eigenvalue weighted by Gasteiger charge is -2.06. The summed E-state index contributed by atoms with van der Waals surface area (Å²) in [5.74, 6) is -0.279. The first-order valence-corrected chi connectivity index (χ1v) is 7.47. The summed E-state index contributed by atoms with van der Waals surface area (Å²) in [5.41, 5.74) is 7.38. The number of urea groups is 1. The van der Waals surface area contributed by atoms with Crippen molar-refractivity contribution in [1.29, 1.82) is 0 Å². The second kappa shape index (κ2) is 6.59. The third kappa shape index (κ3) is 3.64. The number of pyridine rings is 1. The number of halogens is 1.